The van der Waals surface area contributed by atoms with E-state index >= 15 is 0 Å². The van der Waals surface area contributed by atoms with Crippen LogP contribution in [0.2, 0.25) is 0 Å². The molecule has 0 bridgehead atoms. The van der Waals surface area contributed by atoms with E-state index in [0.717, 1.165) is 22.2 Å². The largest absolute Gasteiger partial charge is 0.377 e. The summed E-state index contributed by atoms with van der Waals surface area (Å²) in [5.74, 6) is 5.80. The lowest BCUT2D eigenvalue weighted by atomic mass is 10.1. The third kappa shape index (κ3) is 2.25. The average Bonchev–Trinajstić information content (AvgIpc) is 2.35. The number of nitrogens with two attached hydrogens (primary N) is 2. The second kappa shape index (κ2) is 4.85. The fourth-order valence-electron chi connectivity index (χ4n) is 1.47. The molecule has 0 amide bonds. The van der Waals surface area contributed by atoms with Gasteiger partial charge in [-0.1, -0.05) is 36.0 Å². The monoisotopic (exact) mass is 232 g/mol. The summed E-state index contributed by atoms with van der Waals surface area (Å²) < 4.78 is 0. The SMILES string of the molecule is NN=C(N)SCc1cccc2cccnc12. The van der Waals surface area contributed by atoms with Gasteiger partial charge in [-0.05, 0) is 11.6 Å². The fourth-order valence-corrected chi connectivity index (χ4v) is 2.08. The maximum Gasteiger partial charge on any atom is 0.177 e. The van der Waals surface area contributed by atoms with Crippen LogP contribution in [0.5, 0.6) is 0 Å². The summed E-state index contributed by atoms with van der Waals surface area (Å²) in [6, 6.07) is 10.0. The summed E-state index contributed by atoms with van der Waals surface area (Å²) in [6.45, 7) is 0. The number of fused-ring (bicyclic) bond motifs is 1. The number of rotatable bonds is 2. The van der Waals surface area contributed by atoms with Crippen LogP contribution in [0.25, 0.3) is 10.9 Å². The van der Waals surface area contributed by atoms with Gasteiger partial charge in [0.15, 0.2) is 5.17 Å². The van der Waals surface area contributed by atoms with Crippen LogP contribution < -0.4 is 11.6 Å². The predicted octanol–water partition coefficient (Wildman–Crippen LogP) is 1.66. The van der Waals surface area contributed by atoms with Gasteiger partial charge in [-0.2, -0.15) is 5.10 Å². The third-order valence-electron chi connectivity index (χ3n) is 2.22. The maximum atomic E-state index is 5.53. The minimum absolute atomic E-state index is 0.382. The van der Waals surface area contributed by atoms with Crippen molar-refractivity contribution in [3.05, 3.63) is 42.1 Å². The second-order valence-electron chi connectivity index (χ2n) is 3.25. The van der Waals surface area contributed by atoms with Crippen LogP contribution in [0, 0.1) is 0 Å². The molecule has 5 heteroatoms. The fraction of sp³-hybridized carbons (Fsp3) is 0.0909. The number of hydrazone groups is 1. The van der Waals surface area contributed by atoms with Gasteiger partial charge in [0.25, 0.3) is 0 Å². The molecule has 0 saturated carbocycles. The van der Waals surface area contributed by atoms with Crippen LogP contribution in [0.3, 0.4) is 0 Å². The number of benzene rings is 1. The van der Waals surface area contributed by atoms with Crippen LogP contribution in [0.1, 0.15) is 5.56 Å². The Labute approximate surface area is 97.7 Å². The number of hydrogen-bond acceptors (Lipinski definition) is 4. The van der Waals surface area contributed by atoms with E-state index in [-0.39, 0.29) is 0 Å². The van der Waals surface area contributed by atoms with Crippen molar-refractivity contribution in [2.24, 2.45) is 16.7 Å². The highest BCUT2D eigenvalue weighted by atomic mass is 32.2. The van der Waals surface area contributed by atoms with E-state index in [0.29, 0.717) is 5.17 Å². The molecule has 0 spiro atoms. The number of para-hydroxylation sites is 1. The molecule has 4 nitrogen and oxygen atoms in total. The van der Waals surface area contributed by atoms with E-state index < -0.39 is 0 Å². The maximum absolute atomic E-state index is 5.53. The van der Waals surface area contributed by atoms with Crippen molar-refractivity contribution in [1.29, 1.82) is 0 Å². The Morgan fingerprint density at radius 1 is 1.31 bits per heavy atom. The van der Waals surface area contributed by atoms with Gasteiger partial charge in [-0.25, -0.2) is 0 Å². The van der Waals surface area contributed by atoms with Crippen molar-refractivity contribution in [3.63, 3.8) is 0 Å². The number of amidine groups is 1. The zero-order valence-electron chi connectivity index (χ0n) is 8.63. The van der Waals surface area contributed by atoms with Crippen LogP contribution in [-0.4, -0.2) is 10.2 Å². The van der Waals surface area contributed by atoms with Gasteiger partial charge < -0.3 is 11.6 Å². The molecule has 1 heterocycles. The second-order valence-corrected chi connectivity index (χ2v) is 4.24. The molecule has 0 unspecified atom stereocenters. The summed E-state index contributed by atoms with van der Waals surface area (Å²) in [6.07, 6.45) is 1.79. The minimum atomic E-state index is 0.382. The van der Waals surface area contributed by atoms with E-state index in [1.165, 1.54) is 11.8 Å². The van der Waals surface area contributed by atoms with Crippen molar-refractivity contribution in [2.45, 2.75) is 5.75 Å². The van der Waals surface area contributed by atoms with Gasteiger partial charge in [0, 0.05) is 17.3 Å². The smallest absolute Gasteiger partial charge is 0.177 e. The lowest BCUT2D eigenvalue weighted by molar-refractivity contribution is 1.25. The molecule has 0 aliphatic carbocycles. The highest BCUT2D eigenvalue weighted by Crippen LogP contribution is 2.20. The lowest BCUT2D eigenvalue weighted by Crippen LogP contribution is -2.09. The number of pyridine rings is 1. The molecule has 1 aromatic carbocycles. The number of thioether (sulfide) groups is 1. The summed E-state index contributed by atoms with van der Waals surface area (Å²) in [4.78, 5) is 4.36. The van der Waals surface area contributed by atoms with E-state index in [1.807, 2.05) is 30.3 Å². The molecule has 2 rings (SSSR count). The van der Waals surface area contributed by atoms with Crippen LogP contribution >= 0.6 is 11.8 Å². The molecule has 1 aromatic heterocycles. The standard InChI is InChI=1S/C11H12N4S/c12-11(15-13)16-7-9-4-1-3-8-5-2-6-14-10(8)9/h1-6H,7,13H2,(H2,12,15). The number of aromatic nitrogens is 1. The molecule has 0 atom stereocenters. The summed E-state index contributed by atoms with van der Waals surface area (Å²) in [5, 5.41) is 4.93. The van der Waals surface area contributed by atoms with Gasteiger partial charge in [-0.3, -0.25) is 4.98 Å². The molecule has 16 heavy (non-hydrogen) atoms. The quantitative estimate of drug-likeness (QED) is 0.357. The Morgan fingerprint density at radius 3 is 2.94 bits per heavy atom. The Bertz CT molecular complexity index is 519. The van der Waals surface area contributed by atoms with Crippen molar-refractivity contribution in [3.8, 4) is 0 Å². The highest BCUT2D eigenvalue weighted by molar-refractivity contribution is 8.13. The molecule has 0 radical (unpaired) electrons. The Hall–Kier alpha value is -1.75. The van der Waals surface area contributed by atoms with Gasteiger partial charge in [-0.15, -0.1) is 0 Å². The van der Waals surface area contributed by atoms with Crippen LogP contribution in [0.4, 0.5) is 0 Å². The average molecular weight is 232 g/mol. The van der Waals surface area contributed by atoms with Gasteiger partial charge in [0.1, 0.15) is 0 Å². The summed E-state index contributed by atoms with van der Waals surface area (Å²) in [5.41, 5.74) is 7.67. The van der Waals surface area contributed by atoms with E-state index in [4.69, 9.17) is 11.6 Å². The number of hydrogen-bond donors (Lipinski definition) is 2. The predicted molar refractivity (Wildman–Crippen MR) is 68.8 cm³/mol. The first-order chi connectivity index (χ1) is 7.81. The third-order valence-corrected chi connectivity index (χ3v) is 3.08. The number of nitrogens with zero attached hydrogens (tertiary/aromatic N) is 2. The Morgan fingerprint density at radius 2 is 2.12 bits per heavy atom. The molecule has 82 valence electrons. The van der Waals surface area contributed by atoms with E-state index in [1.54, 1.807) is 6.20 Å². The molecule has 2 aromatic rings. The summed E-state index contributed by atoms with van der Waals surface area (Å²) in [7, 11) is 0. The molecule has 0 saturated heterocycles. The normalized spacial score (nSPS) is 11.9. The van der Waals surface area contributed by atoms with Gasteiger partial charge in [0.2, 0.25) is 0 Å². The highest BCUT2D eigenvalue weighted by Gasteiger charge is 2.02. The lowest BCUT2D eigenvalue weighted by Gasteiger charge is -2.04. The zero-order chi connectivity index (χ0) is 11.4. The molecule has 4 N–H and O–H groups in total. The molecular weight excluding hydrogens is 220 g/mol. The first kappa shape index (κ1) is 10.8. The molecule has 0 fully saturated rings. The minimum Gasteiger partial charge on any atom is -0.377 e. The van der Waals surface area contributed by atoms with Crippen molar-refractivity contribution in [2.75, 3.05) is 0 Å². The first-order valence-electron chi connectivity index (χ1n) is 4.80. The first-order valence-corrected chi connectivity index (χ1v) is 5.78. The van der Waals surface area contributed by atoms with Crippen LogP contribution in [-0.2, 0) is 5.75 Å². The molecule has 0 aliphatic rings. The topological polar surface area (TPSA) is 77.3 Å². The summed E-state index contributed by atoms with van der Waals surface area (Å²) >= 11 is 1.41. The van der Waals surface area contributed by atoms with E-state index in [9.17, 15) is 0 Å². The Balaban J connectivity index is 2.30. The van der Waals surface area contributed by atoms with Crippen molar-refractivity contribution >= 4 is 27.8 Å². The zero-order valence-corrected chi connectivity index (χ0v) is 9.45. The van der Waals surface area contributed by atoms with Crippen molar-refractivity contribution < 1.29 is 0 Å². The van der Waals surface area contributed by atoms with Gasteiger partial charge in [0.05, 0.1) is 5.52 Å². The van der Waals surface area contributed by atoms with Gasteiger partial charge >= 0.3 is 0 Å². The van der Waals surface area contributed by atoms with Crippen LogP contribution in [0.15, 0.2) is 41.6 Å². The van der Waals surface area contributed by atoms with E-state index in [2.05, 4.69) is 10.1 Å². The molecule has 0 aliphatic heterocycles. The molecular formula is C11H12N4S. The Kier molecular flexibility index (Phi) is 3.26. The van der Waals surface area contributed by atoms with Crippen molar-refractivity contribution in [1.82, 2.24) is 4.98 Å².